The van der Waals surface area contributed by atoms with Gasteiger partial charge in [0.2, 0.25) is 70.9 Å². The fourth-order valence-electron chi connectivity index (χ4n) is 15.2. The molecule has 552 valence electrons. The maximum Gasteiger partial charge on any atom is 0.417 e. The predicted octanol–water partition coefficient (Wildman–Crippen LogP) is 5.64. The third kappa shape index (κ3) is 19.7. The summed E-state index contributed by atoms with van der Waals surface area (Å²) in [6.45, 7) is 6.21. The van der Waals surface area contributed by atoms with Gasteiger partial charge in [-0.25, -0.2) is 0 Å². The lowest BCUT2D eigenvalue weighted by Gasteiger charge is -2.42. The number of carbonyl (C=O) groups excluding carboxylic acids is 12. The van der Waals surface area contributed by atoms with Crippen molar-refractivity contribution in [2.45, 2.75) is 229 Å². The molecule has 3 aliphatic carbocycles. The van der Waals surface area contributed by atoms with E-state index >= 15 is 24.0 Å². The van der Waals surface area contributed by atoms with Crippen LogP contribution in [-0.2, 0) is 70.1 Å². The zero-order valence-corrected chi connectivity index (χ0v) is 60.8. The molecule has 0 radical (unpaired) electrons. The molecule has 1 aromatic carbocycles. The molecule has 28 heteroatoms. The highest BCUT2D eigenvalue weighted by molar-refractivity contribution is 6.31. The summed E-state index contributed by atoms with van der Waals surface area (Å²) in [7, 11) is 9.94. The van der Waals surface area contributed by atoms with Crippen LogP contribution in [0.15, 0.2) is 18.2 Å². The Morgan fingerprint density at radius 1 is 0.606 bits per heavy atom. The first-order valence-corrected chi connectivity index (χ1v) is 36.2. The Kier molecular flexibility index (Phi) is 28.0. The van der Waals surface area contributed by atoms with Crippen molar-refractivity contribution < 1.29 is 70.7 Å². The van der Waals surface area contributed by atoms with E-state index in [-0.39, 0.29) is 63.3 Å². The number of nitrogens with zero attached hydrogens (tertiary/aromatic N) is 9. The third-order valence-corrected chi connectivity index (χ3v) is 22.3. The van der Waals surface area contributed by atoms with Crippen LogP contribution in [0.25, 0.3) is 0 Å². The Labute approximate surface area is 586 Å². The minimum atomic E-state index is -4.76. The fraction of sp³-hybridized carbons (Fsp3) is 0.746. The first kappa shape index (κ1) is 79.3. The Hall–Kier alpha value is -7.06. The number of nitrogens with one attached hydrogen (secondary N) is 3. The molecule has 6 fully saturated rings. The highest BCUT2D eigenvalue weighted by Gasteiger charge is 2.51. The van der Waals surface area contributed by atoms with Crippen molar-refractivity contribution in [2.75, 3.05) is 88.6 Å². The second kappa shape index (κ2) is 35.0. The number of piperidine rings is 1. The average molecular weight is 1410 g/mol. The smallest absolute Gasteiger partial charge is 0.343 e. The van der Waals surface area contributed by atoms with Gasteiger partial charge in [0.1, 0.15) is 47.8 Å². The molecule has 6 aliphatic rings. The number of rotatable bonds is 11. The molecule has 3 N–H and O–H groups in total. The molecule has 3 saturated heterocycles. The largest absolute Gasteiger partial charge is 0.417 e. The van der Waals surface area contributed by atoms with E-state index in [1.54, 1.807) is 25.7 Å². The summed E-state index contributed by atoms with van der Waals surface area (Å²) in [5.41, 5.74) is -2.35. The molecule has 24 nitrogen and oxygen atoms in total. The first-order chi connectivity index (χ1) is 46.7. The van der Waals surface area contributed by atoms with Gasteiger partial charge in [0, 0.05) is 69.0 Å². The summed E-state index contributed by atoms with van der Waals surface area (Å²) in [5, 5.41) is 8.15. The summed E-state index contributed by atoms with van der Waals surface area (Å²) in [5.74, 6) is -8.73. The zero-order valence-electron chi connectivity index (χ0n) is 60.0. The Morgan fingerprint density at radius 2 is 1.19 bits per heavy atom. The molecule has 3 heterocycles. The molecule has 1 spiro atoms. The SMILES string of the molecule is CC[C@H](C)[C@@H]1NC(=O)[C@H](CC2CCC2)N(C)C(=O)C[C@@H](C(=O)N2CCCCC2)N(C)C(=O)[C@H](C(C)C)N(C)C(=O)C2(CCCC2)NC(=O)C2CCCN2C(=O)[C@H](CCc2ccc(C(F)(F)F)c(Cl)c2)NC(=O)CN(C)C(=O)[C@H](CC2CCCCC2)N(C)C(=O)CN(C)C(=O)CN(C)C1=O. The third-order valence-electron chi connectivity index (χ3n) is 22.0. The van der Waals surface area contributed by atoms with Crippen molar-refractivity contribution in [2.24, 2.45) is 23.7 Å². The second-order valence-corrected chi connectivity index (χ2v) is 29.8. The lowest BCUT2D eigenvalue weighted by molar-refractivity contribution is -0.156. The number of aryl methyl sites for hydroxylation is 1. The number of likely N-dealkylation sites (N-methyl/N-ethyl adjacent to an activating group) is 7. The molecule has 7 rings (SSSR count). The summed E-state index contributed by atoms with van der Waals surface area (Å²) in [4.78, 5) is 190. The van der Waals surface area contributed by atoms with Crippen LogP contribution >= 0.6 is 11.6 Å². The zero-order chi connectivity index (χ0) is 73.0. The number of alkyl halides is 3. The minimum absolute atomic E-state index is 0.0211. The van der Waals surface area contributed by atoms with E-state index in [1.807, 2.05) is 6.92 Å². The van der Waals surface area contributed by atoms with Gasteiger partial charge in [-0.1, -0.05) is 116 Å². The van der Waals surface area contributed by atoms with E-state index in [1.165, 1.54) is 79.9 Å². The molecule has 1 unspecified atom stereocenters. The second-order valence-electron chi connectivity index (χ2n) is 29.4. The summed E-state index contributed by atoms with van der Waals surface area (Å²) in [6, 6.07) is -5.55. The van der Waals surface area contributed by atoms with E-state index in [2.05, 4.69) is 16.0 Å². The summed E-state index contributed by atoms with van der Waals surface area (Å²) in [6.07, 6.45) is 6.17. The number of benzene rings is 1. The number of hydrogen-bond donors (Lipinski definition) is 3. The van der Waals surface area contributed by atoms with E-state index in [0.717, 1.165) is 84.6 Å². The van der Waals surface area contributed by atoms with Crippen LogP contribution < -0.4 is 16.0 Å². The van der Waals surface area contributed by atoms with Crippen LogP contribution in [-0.4, -0.2) is 251 Å². The van der Waals surface area contributed by atoms with Crippen molar-refractivity contribution in [3.8, 4) is 0 Å². The van der Waals surface area contributed by atoms with E-state index in [0.29, 0.717) is 57.2 Å². The number of fused-ring (bicyclic) bond motifs is 1. The van der Waals surface area contributed by atoms with Gasteiger partial charge in [0.25, 0.3) is 0 Å². The highest BCUT2D eigenvalue weighted by Crippen LogP contribution is 2.38. The molecule has 3 saturated carbocycles. The lowest BCUT2D eigenvalue weighted by atomic mass is 9.80. The van der Waals surface area contributed by atoms with Gasteiger partial charge in [-0.05, 0) is 112 Å². The van der Waals surface area contributed by atoms with Gasteiger partial charge < -0.3 is 60.0 Å². The van der Waals surface area contributed by atoms with Gasteiger partial charge in [-0.2, -0.15) is 13.2 Å². The molecule has 1 aromatic rings. The number of hydrogen-bond acceptors (Lipinski definition) is 12. The van der Waals surface area contributed by atoms with E-state index in [4.69, 9.17) is 11.6 Å². The standard InChI is InChI=1S/C71H108ClF3N12O12/c1-12-45(4)60-67(97)81(7)42-58(90)79(5)43-59(91)83(9)54(39-46-23-15-13-16-24-46)65(95)80(6)41-56(88)76-51(31-29-48-28-30-49(50(72)37-48)71(73,74)75)64(94)87-36-22-27-52(87)63(93)78-70(32-17-18-33-70)69(99)85(11)61(44(2)3)68(98)84(10)55(66(96)86-34-19-14-20-35-86)40-57(89)82(8)53(62(92)77-60)38-47-25-21-26-47/h28,30,37,44-47,51-55,60-61H,12-27,29,31-36,38-43H2,1-11H3,(H,76,88)(H,77,92)(H,78,93)/t45-,51-,52?,53-,54-,55-,60-,61-/m0/s1. The van der Waals surface area contributed by atoms with Gasteiger partial charge in [0.15, 0.2) is 0 Å². The van der Waals surface area contributed by atoms with Gasteiger partial charge in [-0.15, -0.1) is 0 Å². The first-order valence-electron chi connectivity index (χ1n) is 35.9. The fourth-order valence-corrected chi connectivity index (χ4v) is 15.5. The Bertz CT molecular complexity index is 3100. The van der Waals surface area contributed by atoms with Crippen molar-refractivity contribution >= 4 is 82.5 Å². The number of amides is 12. The van der Waals surface area contributed by atoms with Crippen molar-refractivity contribution in [1.29, 1.82) is 0 Å². The van der Waals surface area contributed by atoms with Crippen LogP contribution in [0.4, 0.5) is 13.2 Å². The van der Waals surface area contributed by atoms with Gasteiger partial charge >= 0.3 is 6.18 Å². The van der Waals surface area contributed by atoms with Gasteiger partial charge in [0.05, 0.1) is 36.6 Å². The van der Waals surface area contributed by atoms with Gasteiger partial charge in [-0.3, -0.25) is 57.5 Å². The lowest BCUT2D eigenvalue weighted by Crippen LogP contribution is -2.65. The number of carbonyl (C=O) groups is 12. The van der Waals surface area contributed by atoms with Crippen LogP contribution in [0.2, 0.25) is 5.02 Å². The van der Waals surface area contributed by atoms with Crippen molar-refractivity contribution in [3.63, 3.8) is 0 Å². The molecule has 12 amide bonds. The molecule has 0 bridgehead atoms. The highest BCUT2D eigenvalue weighted by atomic mass is 35.5. The quantitative estimate of drug-likeness (QED) is 0.243. The van der Waals surface area contributed by atoms with Crippen LogP contribution in [0, 0.1) is 23.7 Å². The number of likely N-dealkylation sites (tertiary alicyclic amines) is 1. The Balaban J connectivity index is 1.27. The summed E-state index contributed by atoms with van der Waals surface area (Å²) >= 11 is 6.15. The average Bonchev–Trinajstić information content (AvgIpc) is 1.75. The normalized spacial score (nSPS) is 26.8. The van der Waals surface area contributed by atoms with E-state index < -0.39 is 173 Å². The molecule has 8 atom stereocenters. The predicted molar refractivity (Wildman–Crippen MR) is 364 cm³/mol. The van der Waals surface area contributed by atoms with Crippen LogP contribution in [0.1, 0.15) is 180 Å². The topological polar surface area (TPSA) is 270 Å². The van der Waals surface area contributed by atoms with Crippen LogP contribution in [0.5, 0.6) is 0 Å². The van der Waals surface area contributed by atoms with Crippen molar-refractivity contribution in [3.05, 3.63) is 34.3 Å². The van der Waals surface area contributed by atoms with E-state index in [9.17, 15) is 46.7 Å². The molecular formula is C71H108ClF3N12O12. The number of halogens is 4. The minimum Gasteiger partial charge on any atom is -0.343 e. The molecular weight excluding hydrogens is 1310 g/mol. The maximum atomic E-state index is 15.4. The monoisotopic (exact) mass is 1410 g/mol. The molecule has 3 aliphatic heterocycles. The molecule has 0 aromatic heterocycles. The maximum absolute atomic E-state index is 15.4. The van der Waals surface area contributed by atoms with Crippen molar-refractivity contribution in [1.82, 2.24) is 60.0 Å². The Morgan fingerprint density at radius 3 is 1.78 bits per heavy atom. The molecule has 99 heavy (non-hydrogen) atoms. The summed E-state index contributed by atoms with van der Waals surface area (Å²) < 4.78 is 41.5. The van der Waals surface area contributed by atoms with Crippen LogP contribution in [0.3, 0.4) is 0 Å².